The van der Waals surface area contributed by atoms with Crippen LogP contribution in [0.2, 0.25) is 0 Å². The quantitative estimate of drug-likeness (QED) is 0.373. The van der Waals surface area contributed by atoms with Gasteiger partial charge < -0.3 is 10.6 Å². The van der Waals surface area contributed by atoms with E-state index < -0.39 is 10.0 Å². The number of urea groups is 1. The molecule has 0 unspecified atom stereocenters. The highest BCUT2D eigenvalue weighted by molar-refractivity contribution is 7.94. The smallest absolute Gasteiger partial charge is 0.308 e. The molecule has 0 aliphatic heterocycles. The Kier molecular flexibility index (Phi) is 5.96. The highest BCUT2D eigenvalue weighted by Gasteiger charge is 2.18. The average Bonchev–Trinajstić information content (AvgIpc) is 3.28. The third-order valence-corrected chi connectivity index (χ3v) is 7.17. The number of anilines is 3. The maximum atomic E-state index is 12.7. The first kappa shape index (κ1) is 20.6. The molecule has 9 heteroatoms. The van der Waals surface area contributed by atoms with Crippen molar-refractivity contribution in [2.45, 2.75) is 4.21 Å². The summed E-state index contributed by atoms with van der Waals surface area (Å²) in [7, 11) is -3.74. The van der Waals surface area contributed by atoms with Crippen molar-refractivity contribution in [2.75, 3.05) is 15.4 Å². The van der Waals surface area contributed by atoms with E-state index in [4.69, 9.17) is 0 Å². The number of hydrogen-bond acceptors (Lipinski definition) is 5. The van der Waals surface area contributed by atoms with E-state index in [-0.39, 0.29) is 10.2 Å². The molecule has 0 saturated heterocycles. The monoisotopic (exact) mass is 450 g/mol. The first-order valence-corrected chi connectivity index (χ1v) is 11.6. The van der Waals surface area contributed by atoms with Crippen LogP contribution in [-0.2, 0) is 10.0 Å². The highest BCUT2D eigenvalue weighted by Crippen LogP contribution is 2.30. The molecule has 0 bridgehead atoms. The highest BCUT2D eigenvalue weighted by atomic mass is 32.2. The molecule has 2 heterocycles. The first-order valence-electron chi connectivity index (χ1n) is 9.27. The van der Waals surface area contributed by atoms with Crippen molar-refractivity contribution in [1.82, 2.24) is 4.98 Å². The van der Waals surface area contributed by atoms with E-state index in [1.807, 2.05) is 30.3 Å². The minimum absolute atomic E-state index is 0.192. The number of carbonyl (C=O) groups excluding carboxylic acids is 1. The van der Waals surface area contributed by atoms with Crippen molar-refractivity contribution in [1.29, 1.82) is 0 Å². The van der Waals surface area contributed by atoms with Crippen LogP contribution in [0.1, 0.15) is 0 Å². The lowest BCUT2D eigenvalue weighted by Gasteiger charge is -2.09. The summed E-state index contributed by atoms with van der Waals surface area (Å²) >= 11 is 1.15. The second-order valence-corrected chi connectivity index (χ2v) is 9.45. The molecule has 0 fully saturated rings. The molecular formula is C22H18N4O3S2. The minimum Gasteiger partial charge on any atom is -0.308 e. The fourth-order valence-electron chi connectivity index (χ4n) is 2.75. The van der Waals surface area contributed by atoms with Gasteiger partial charge in [0.2, 0.25) is 0 Å². The van der Waals surface area contributed by atoms with E-state index in [0.29, 0.717) is 17.1 Å². The van der Waals surface area contributed by atoms with Gasteiger partial charge in [-0.2, -0.15) is 0 Å². The normalized spacial score (nSPS) is 11.0. The number of nitrogens with zero attached hydrogens (tertiary/aromatic N) is 1. The van der Waals surface area contributed by atoms with Gasteiger partial charge in [0, 0.05) is 23.3 Å². The van der Waals surface area contributed by atoms with Crippen molar-refractivity contribution in [3.63, 3.8) is 0 Å². The van der Waals surface area contributed by atoms with Gasteiger partial charge in [-0.3, -0.25) is 9.71 Å². The van der Waals surface area contributed by atoms with Crippen molar-refractivity contribution >= 4 is 44.5 Å². The molecule has 4 aromatic rings. The number of nitrogens with one attached hydrogen (secondary N) is 3. The summed E-state index contributed by atoms with van der Waals surface area (Å²) in [5.41, 5.74) is 2.32. The predicted octanol–water partition coefficient (Wildman–Crippen LogP) is 5.25. The molecule has 156 valence electrons. The Bertz CT molecular complexity index is 1270. The third kappa shape index (κ3) is 5.27. The molecule has 0 radical (unpaired) electrons. The van der Waals surface area contributed by atoms with Crippen molar-refractivity contribution < 1.29 is 13.2 Å². The lowest BCUT2D eigenvalue weighted by molar-refractivity contribution is 0.262. The average molecular weight is 451 g/mol. The molecule has 3 N–H and O–H groups in total. The number of benzene rings is 2. The SMILES string of the molecule is O=C(Nc1ccccc1)Nc1ccc(NS(=O)(=O)c2ccc(-c3ccccn3)s2)cc1. The Morgan fingerprint density at radius 3 is 2.06 bits per heavy atom. The Hall–Kier alpha value is -3.69. The number of amides is 2. The van der Waals surface area contributed by atoms with Crippen LogP contribution in [0.4, 0.5) is 21.9 Å². The van der Waals surface area contributed by atoms with E-state index in [1.165, 1.54) is 0 Å². The molecular weight excluding hydrogens is 432 g/mol. The number of thiophene rings is 1. The van der Waals surface area contributed by atoms with Crippen LogP contribution in [0.3, 0.4) is 0 Å². The molecule has 0 spiro atoms. The zero-order chi connectivity index (χ0) is 21.7. The zero-order valence-electron chi connectivity index (χ0n) is 16.1. The van der Waals surface area contributed by atoms with E-state index >= 15 is 0 Å². The Morgan fingerprint density at radius 1 is 0.742 bits per heavy atom. The van der Waals surface area contributed by atoms with Gasteiger partial charge in [-0.1, -0.05) is 24.3 Å². The number of aromatic nitrogens is 1. The van der Waals surface area contributed by atoms with Gasteiger partial charge in [0.15, 0.2) is 0 Å². The van der Waals surface area contributed by atoms with E-state index in [1.54, 1.807) is 60.8 Å². The molecule has 0 aliphatic carbocycles. The van der Waals surface area contributed by atoms with Crippen molar-refractivity contribution in [3.8, 4) is 10.6 Å². The summed E-state index contributed by atoms with van der Waals surface area (Å²) in [6.45, 7) is 0. The lowest BCUT2D eigenvalue weighted by Crippen LogP contribution is -2.19. The van der Waals surface area contributed by atoms with Crippen LogP contribution < -0.4 is 15.4 Å². The Balaban J connectivity index is 1.40. The summed E-state index contributed by atoms with van der Waals surface area (Å²) in [4.78, 5) is 17.1. The van der Waals surface area contributed by atoms with Crippen molar-refractivity contribution in [2.24, 2.45) is 0 Å². The van der Waals surface area contributed by atoms with Crippen LogP contribution >= 0.6 is 11.3 Å². The van der Waals surface area contributed by atoms with Crippen LogP contribution in [0.25, 0.3) is 10.6 Å². The second-order valence-electron chi connectivity index (χ2n) is 6.46. The first-order chi connectivity index (χ1) is 15.0. The van der Waals surface area contributed by atoms with Crippen LogP contribution in [0, 0.1) is 0 Å². The molecule has 31 heavy (non-hydrogen) atoms. The molecule has 7 nitrogen and oxygen atoms in total. The van der Waals surface area contributed by atoms with Crippen molar-refractivity contribution in [3.05, 3.63) is 91.1 Å². The van der Waals surface area contributed by atoms with E-state index in [0.717, 1.165) is 21.9 Å². The summed E-state index contributed by atoms with van der Waals surface area (Å²) < 4.78 is 28.2. The van der Waals surface area contributed by atoms with Gasteiger partial charge in [-0.25, -0.2) is 13.2 Å². The van der Waals surface area contributed by atoms with Crippen LogP contribution in [-0.4, -0.2) is 19.4 Å². The van der Waals surface area contributed by atoms with Gasteiger partial charge in [0.25, 0.3) is 10.0 Å². The summed E-state index contributed by atoms with van der Waals surface area (Å²) in [5.74, 6) is 0. The standard InChI is InChI=1S/C22H18N4O3S2/c27-22(24-16-6-2-1-3-7-16)25-17-9-11-18(12-10-17)26-31(28,29)21-14-13-20(30-21)19-8-4-5-15-23-19/h1-15,26H,(H2,24,25,27). The van der Waals surface area contributed by atoms with Gasteiger partial charge >= 0.3 is 6.03 Å². The number of para-hydroxylation sites is 1. The second kappa shape index (κ2) is 8.99. The third-order valence-electron chi connectivity index (χ3n) is 4.19. The Morgan fingerprint density at radius 2 is 1.39 bits per heavy atom. The molecule has 0 atom stereocenters. The molecule has 0 saturated carbocycles. The van der Waals surface area contributed by atoms with Gasteiger partial charge in [0.1, 0.15) is 4.21 Å². The van der Waals surface area contributed by atoms with Gasteiger partial charge in [-0.15, -0.1) is 11.3 Å². The topological polar surface area (TPSA) is 100 Å². The summed E-state index contributed by atoms with van der Waals surface area (Å²) in [6.07, 6.45) is 1.66. The minimum atomic E-state index is -3.74. The summed E-state index contributed by atoms with van der Waals surface area (Å²) in [5, 5.41) is 5.42. The molecule has 0 aliphatic rings. The predicted molar refractivity (Wildman–Crippen MR) is 124 cm³/mol. The number of pyridine rings is 1. The van der Waals surface area contributed by atoms with Crippen LogP contribution in [0.5, 0.6) is 0 Å². The maximum Gasteiger partial charge on any atom is 0.323 e. The number of sulfonamides is 1. The molecule has 4 rings (SSSR count). The van der Waals surface area contributed by atoms with Gasteiger partial charge in [0.05, 0.1) is 10.6 Å². The largest absolute Gasteiger partial charge is 0.323 e. The lowest BCUT2D eigenvalue weighted by atomic mass is 10.3. The van der Waals surface area contributed by atoms with E-state index in [2.05, 4.69) is 20.3 Å². The number of rotatable bonds is 6. The fraction of sp³-hybridized carbons (Fsp3) is 0. The van der Waals surface area contributed by atoms with E-state index in [9.17, 15) is 13.2 Å². The fourth-order valence-corrected chi connectivity index (χ4v) is 5.09. The van der Waals surface area contributed by atoms with Gasteiger partial charge in [-0.05, 0) is 60.7 Å². The number of hydrogen-bond donors (Lipinski definition) is 3. The summed E-state index contributed by atoms with van der Waals surface area (Å²) in [6, 6.07) is 23.9. The number of carbonyl (C=O) groups is 1. The molecule has 2 aromatic heterocycles. The zero-order valence-corrected chi connectivity index (χ0v) is 17.8. The molecule has 2 amide bonds. The molecule has 2 aromatic carbocycles. The van der Waals surface area contributed by atoms with Crippen LogP contribution in [0.15, 0.2) is 95.3 Å². The Labute approximate surface area is 183 Å². The maximum absolute atomic E-state index is 12.7.